The van der Waals surface area contributed by atoms with E-state index in [1.807, 2.05) is 41.8 Å². The second kappa shape index (κ2) is 6.83. The van der Waals surface area contributed by atoms with E-state index in [0.29, 0.717) is 18.1 Å². The number of amides is 1. The molecular formula is C17H17N5O. The fourth-order valence-electron chi connectivity index (χ4n) is 2.35. The van der Waals surface area contributed by atoms with E-state index in [1.54, 1.807) is 18.6 Å². The van der Waals surface area contributed by atoms with Crippen LogP contribution in [0, 0.1) is 0 Å². The largest absolute Gasteiger partial charge is 0.322 e. The van der Waals surface area contributed by atoms with Crippen molar-refractivity contribution in [2.24, 2.45) is 0 Å². The lowest BCUT2D eigenvalue weighted by molar-refractivity contribution is 0.101. The summed E-state index contributed by atoms with van der Waals surface area (Å²) in [5.74, 6) is 0.0928. The van der Waals surface area contributed by atoms with Crippen LogP contribution in [0.2, 0.25) is 0 Å². The zero-order chi connectivity index (χ0) is 16.1. The van der Waals surface area contributed by atoms with E-state index < -0.39 is 0 Å². The first-order chi connectivity index (χ1) is 11.3. The molecule has 116 valence electrons. The van der Waals surface area contributed by atoms with Crippen LogP contribution in [0.1, 0.15) is 28.8 Å². The summed E-state index contributed by atoms with van der Waals surface area (Å²) >= 11 is 0. The average molecular weight is 307 g/mol. The molecule has 0 saturated heterocycles. The molecule has 2 aromatic heterocycles. The number of anilines is 1. The number of nitrogens with one attached hydrogen (secondary N) is 1. The van der Waals surface area contributed by atoms with Crippen LogP contribution in [-0.2, 0) is 13.0 Å². The molecule has 0 saturated carbocycles. The zero-order valence-corrected chi connectivity index (χ0v) is 12.8. The van der Waals surface area contributed by atoms with Gasteiger partial charge in [0, 0.05) is 18.9 Å². The first kappa shape index (κ1) is 14.9. The molecule has 0 atom stereocenters. The van der Waals surface area contributed by atoms with Gasteiger partial charge in [-0.2, -0.15) is 0 Å². The van der Waals surface area contributed by atoms with Gasteiger partial charge in [0.05, 0.1) is 17.6 Å². The van der Waals surface area contributed by atoms with E-state index in [0.717, 1.165) is 17.7 Å². The number of nitrogens with zero attached hydrogens (tertiary/aromatic N) is 4. The summed E-state index contributed by atoms with van der Waals surface area (Å²) in [5.41, 5.74) is 2.53. The van der Waals surface area contributed by atoms with Gasteiger partial charge in [-0.25, -0.2) is 15.0 Å². The molecule has 0 radical (unpaired) electrons. The van der Waals surface area contributed by atoms with Crippen molar-refractivity contribution in [2.45, 2.75) is 19.9 Å². The molecular weight excluding hydrogens is 290 g/mol. The monoisotopic (exact) mass is 307 g/mol. The summed E-state index contributed by atoms with van der Waals surface area (Å²) in [7, 11) is 0. The maximum Gasteiger partial charge on any atom is 0.291 e. The minimum atomic E-state index is -0.268. The van der Waals surface area contributed by atoms with Gasteiger partial charge in [-0.1, -0.05) is 37.3 Å². The van der Waals surface area contributed by atoms with Crippen LogP contribution in [0.25, 0.3) is 0 Å². The highest BCUT2D eigenvalue weighted by Gasteiger charge is 2.15. The van der Waals surface area contributed by atoms with E-state index >= 15 is 0 Å². The summed E-state index contributed by atoms with van der Waals surface area (Å²) in [6, 6.07) is 9.94. The van der Waals surface area contributed by atoms with Crippen molar-refractivity contribution < 1.29 is 4.79 Å². The third-order valence-corrected chi connectivity index (χ3v) is 3.49. The van der Waals surface area contributed by atoms with E-state index in [1.165, 1.54) is 6.33 Å². The van der Waals surface area contributed by atoms with E-state index in [2.05, 4.69) is 20.3 Å². The molecule has 0 aliphatic carbocycles. The lowest BCUT2D eigenvalue weighted by atomic mass is 10.2. The van der Waals surface area contributed by atoms with Crippen LogP contribution in [0.4, 0.5) is 5.69 Å². The quantitative estimate of drug-likeness (QED) is 0.786. The summed E-state index contributed by atoms with van der Waals surface area (Å²) in [4.78, 5) is 24.8. The third-order valence-electron chi connectivity index (χ3n) is 3.49. The topological polar surface area (TPSA) is 72.7 Å². The van der Waals surface area contributed by atoms with Gasteiger partial charge in [-0.15, -0.1) is 0 Å². The van der Waals surface area contributed by atoms with Crippen molar-refractivity contribution in [3.8, 4) is 0 Å². The maximum atomic E-state index is 12.5. The number of rotatable bonds is 5. The number of carbonyl (C=O) groups excluding carboxylic acids is 1. The van der Waals surface area contributed by atoms with Crippen LogP contribution in [-0.4, -0.2) is 25.4 Å². The number of hydrogen-bond acceptors (Lipinski definition) is 4. The van der Waals surface area contributed by atoms with Gasteiger partial charge in [-0.05, 0) is 12.0 Å². The fourth-order valence-corrected chi connectivity index (χ4v) is 2.35. The number of aryl methyl sites for hydroxylation is 1. The standard InChI is InChI=1S/C17H17N5O/c1-2-14-15(10-18-12-20-14)21-17(23)16-19-8-9-22(16)11-13-6-4-3-5-7-13/h3-10,12H,2,11H2,1H3,(H,21,23). The highest BCUT2D eigenvalue weighted by molar-refractivity contribution is 6.02. The normalized spacial score (nSPS) is 10.5. The van der Waals surface area contributed by atoms with Crippen LogP contribution in [0.5, 0.6) is 0 Å². The Morgan fingerprint density at radius 2 is 2.04 bits per heavy atom. The Balaban J connectivity index is 1.80. The zero-order valence-electron chi connectivity index (χ0n) is 12.8. The van der Waals surface area contributed by atoms with Gasteiger partial charge in [0.2, 0.25) is 0 Å². The Kier molecular flexibility index (Phi) is 4.42. The number of benzene rings is 1. The number of carbonyl (C=O) groups is 1. The van der Waals surface area contributed by atoms with Crippen molar-refractivity contribution in [1.29, 1.82) is 0 Å². The summed E-state index contributed by atoms with van der Waals surface area (Å²) in [6.45, 7) is 2.57. The lowest BCUT2D eigenvalue weighted by Crippen LogP contribution is -2.19. The molecule has 0 fully saturated rings. The molecule has 1 N–H and O–H groups in total. The molecule has 3 aromatic rings. The highest BCUT2D eigenvalue weighted by Crippen LogP contribution is 2.13. The van der Waals surface area contributed by atoms with Crippen LogP contribution >= 0.6 is 0 Å². The van der Waals surface area contributed by atoms with Gasteiger partial charge in [0.1, 0.15) is 6.33 Å². The molecule has 0 aliphatic rings. The molecule has 2 heterocycles. The molecule has 0 spiro atoms. The van der Waals surface area contributed by atoms with Crippen molar-refractivity contribution in [3.05, 3.63) is 72.3 Å². The van der Waals surface area contributed by atoms with Crippen LogP contribution in [0.3, 0.4) is 0 Å². The van der Waals surface area contributed by atoms with Gasteiger partial charge < -0.3 is 9.88 Å². The van der Waals surface area contributed by atoms with E-state index in [-0.39, 0.29) is 5.91 Å². The fraction of sp³-hybridized carbons (Fsp3) is 0.176. The molecule has 3 rings (SSSR count). The predicted octanol–water partition coefficient (Wildman–Crippen LogP) is 2.54. The molecule has 0 bridgehead atoms. The number of aromatic nitrogens is 4. The van der Waals surface area contributed by atoms with Gasteiger partial charge in [0.25, 0.3) is 5.91 Å². The average Bonchev–Trinajstić information content (AvgIpc) is 3.04. The van der Waals surface area contributed by atoms with Crippen molar-refractivity contribution in [1.82, 2.24) is 19.5 Å². The second-order valence-electron chi connectivity index (χ2n) is 5.06. The Labute approximate surface area is 134 Å². The molecule has 0 aliphatic heterocycles. The molecule has 6 nitrogen and oxygen atoms in total. The minimum Gasteiger partial charge on any atom is -0.322 e. The van der Waals surface area contributed by atoms with Gasteiger partial charge >= 0.3 is 0 Å². The Bertz CT molecular complexity index is 798. The van der Waals surface area contributed by atoms with Crippen LogP contribution in [0.15, 0.2) is 55.2 Å². The molecule has 1 amide bonds. The smallest absolute Gasteiger partial charge is 0.291 e. The second-order valence-corrected chi connectivity index (χ2v) is 5.06. The number of imidazole rings is 1. The van der Waals surface area contributed by atoms with Gasteiger partial charge in [0.15, 0.2) is 5.82 Å². The van der Waals surface area contributed by atoms with Gasteiger partial charge in [-0.3, -0.25) is 4.79 Å². The Morgan fingerprint density at radius 1 is 1.22 bits per heavy atom. The lowest BCUT2D eigenvalue weighted by Gasteiger charge is -2.10. The highest BCUT2D eigenvalue weighted by atomic mass is 16.2. The van der Waals surface area contributed by atoms with E-state index in [4.69, 9.17) is 0 Å². The predicted molar refractivity (Wildman–Crippen MR) is 87.1 cm³/mol. The van der Waals surface area contributed by atoms with Crippen LogP contribution < -0.4 is 5.32 Å². The van der Waals surface area contributed by atoms with E-state index in [9.17, 15) is 4.79 Å². The summed E-state index contributed by atoms with van der Waals surface area (Å²) < 4.78 is 1.82. The SMILES string of the molecule is CCc1ncncc1NC(=O)c1nccn1Cc1ccccc1. The van der Waals surface area contributed by atoms with Crippen molar-refractivity contribution in [2.75, 3.05) is 5.32 Å². The van der Waals surface area contributed by atoms with Crippen molar-refractivity contribution in [3.63, 3.8) is 0 Å². The molecule has 1 aromatic carbocycles. The first-order valence-corrected chi connectivity index (χ1v) is 7.43. The number of hydrogen-bond donors (Lipinski definition) is 1. The van der Waals surface area contributed by atoms with Crippen molar-refractivity contribution >= 4 is 11.6 Å². The molecule has 23 heavy (non-hydrogen) atoms. The third kappa shape index (κ3) is 3.42. The summed E-state index contributed by atoms with van der Waals surface area (Å²) in [6.07, 6.45) is 7.22. The minimum absolute atomic E-state index is 0.268. The molecule has 6 heteroatoms. The molecule has 0 unspecified atom stereocenters. The maximum absolute atomic E-state index is 12.5. The Morgan fingerprint density at radius 3 is 2.83 bits per heavy atom. The Hall–Kier alpha value is -3.02. The first-order valence-electron chi connectivity index (χ1n) is 7.43. The summed E-state index contributed by atoms with van der Waals surface area (Å²) in [5, 5.41) is 2.84.